The summed E-state index contributed by atoms with van der Waals surface area (Å²) in [7, 11) is 1.01. The first-order valence-corrected chi connectivity index (χ1v) is 3.57. The van der Waals surface area contributed by atoms with Crippen LogP contribution < -0.4 is 0 Å². The number of carbonyl (C=O) groups is 1. The highest BCUT2D eigenvalue weighted by Gasteiger charge is 2.37. The highest BCUT2D eigenvalue weighted by molar-refractivity contribution is 5.90. The van der Waals surface area contributed by atoms with Crippen LogP contribution in [0.15, 0.2) is 18.3 Å². The molecule has 92 valence electrons. The van der Waals surface area contributed by atoms with E-state index in [9.17, 15) is 18.0 Å². The predicted octanol–water partition coefficient (Wildman–Crippen LogP) is 2.73. The molecule has 0 saturated heterocycles. The van der Waals surface area contributed by atoms with Crippen molar-refractivity contribution in [3.8, 4) is 0 Å². The van der Waals surface area contributed by atoms with Crippen LogP contribution in [-0.2, 0) is 10.9 Å². The Kier molecular flexibility index (Phi) is 7.11. The third-order valence-corrected chi connectivity index (χ3v) is 1.48. The van der Waals surface area contributed by atoms with Crippen LogP contribution in [0.4, 0.5) is 13.2 Å². The molecule has 0 amide bonds. The molecule has 0 aliphatic heterocycles. The molecular weight excluding hydrogens is 270 g/mol. The SMILES string of the molecule is COC(=O)c1cccnc1C(F)(F)F.Cl.Cl. The molecule has 0 spiro atoms. The number of nitrogens with zero attached hydrogens (tertiary/aromatic N) is 1. The van der Waals surface area contributed by atoms with Gasteiger partial charge in [0.1, 0.15) is 0 Å². The standard InChI is InChI=1S/C8H6F3NO2.2ClH/c1-14-7(13)5-3-2-4-12-6(5)8(9,10)11;;/h2-4H,1H3;2*1H. The number of alkyl halides is 3. The van der Waals surface area contributed by atoms with Gasteiger partial charge in [-0.15, -0.1) is 24.8 Å². The Hall–Kier alpha value is -1.01. The van der Waals surface area contributed by atoms with Crippen molar-refractivity contribution in [3.63, 3.8) is 0 Å². The minimum atomic E-state index is -4.65. The van der Waals surface area contributed by atoms with Crippen LogP contribution in [0.3, 0.4) is 0 Å². The maximum absolute atomic E-state index is 12.3. The molecule has 0 radical (unpaired) electrons. The van der Waals surface area contributed by atoms with E-state index in [2.05, 4.69) is 9.72 Å². The first kappa shape index (κ1) is 17.4. The van der Waals surface area contributed by atoms with Crippen LogP contribution in [-0.4, -0.2) is 18.1 Å². The number of methoxy groups -OCH3 is 1. The Balaban J connectivity index is 0. The highest BCUT2D eigenvalue weighted by Crippen LogP contribution is 2.30. The van der Waals surface area contributed by atoms with Gasteiger partial charge in [-0.1, -0.05) is 0 Å². The van der Waals surface area contributed by atoms with Gasteiger partial charge in [0.25, 0.3) is 0 Å². The Bertz CT molecular complexity index is 357. The lowest BCUT2D eigenvalue weighted by atomic mass is 10.2. The van der Waals surface area contributed by atoms with Gasteiger partial charge in [0.15, 0.2) is 5.69 Å². The molecular formula is C8H8Cl2F3NO2. The summed E-state index contributed by atoms with van der Waals surface area (Å²) in [6, 6.07) is 2.25. The van der Waals surface area contributed by atoms with E-state index in [1.54, 1.807) is 0 Å². The lowest BCUT2D eigenvalue weighted by Gasteiger charge is -2.08. The number of aromatic nitrogens is 1. The summed E-state index contributed by atoms with van der Waals surface area (Å²) in [5.74, 6) is -1.05. The van der Waals surface area contributed by atoms with Crippen LogP contribution >= 0.6 is 24.8 Å². The molecule has 0 aliphatic carbocycles. The van der Waals surface area contributed by atoms with Crippen molar-refractivity contribution in [2.45, 2.75) is 6.18 Å². The molecule has 1 aromatic rings. The smallest absolute Gasteiger partial charge is 0.434 e. The number of halogens is 5. The second-order valence-corrected chi connectivity index (χ2v) is 2.39. The van der Waals surface area contributed by atoms with Crippen LogP contribution in [0, 0.1) is 0 Å². The average molecular weight is 278 g/mol. The number of esters is 1. The molecule has 0 N–H and O–H groups in total. The van der Waals surface area contributed by atoms with Gasteiger partial charge in [-0.05, 0) is 12.1 Å². The van der Waals surface area contributed by atoms with Crippen molar-refractivity contribution < 1.29 is 22.7 Å². The summed E-state index contributed by atoms with van der Waals surface area (Å²) in [5.41, 5.74) is -1.81. The molecule has 0 fully saturated rings. The zero-order valence-electron chi connectivity index (χ0n) is 7.95. The van der Waals surface area contributed by atoms with Gasteiger partial charge in [0.2, 0.25) is 0 Å². The summed E-state index contributed by atoms with van der Waals surface area (Å²) in [5, 5.41) is 0. The van der Waals surface area contributed by atoms with Crippen LogP contribution in [0.5, 0.6) is 0 Å². The molecule has 0 aromatic carbocycles. The van der Waals surface area contributed by atoms with Crippen molar-refractivity contribution >= 4 is 30.8 Å². The van der Waals surface area contributed by atoms with E-state index in [0.717, 1.165) is 19.4 Å². The second-order valence-electron chi connectivity index (χ2n) is 2.39. The fraction of sp³-hybridized carbons (Fsp3) is 0.250. The number of carbonyl (C=O) groups excluding carboxylic acids is 1. The van der Waals surface area contributed by atoms with Crippen molar-refractivity contribution in [3.05, 3.63) is 29.6 Å². The van der Waals surface area contributed by atoms with E-state index in [4.69, 9.17) is 0 Å². The molecule has 16 heavy (non-hydrogen) atoms. The molecule has 1 heterocycles. The first-order valence-electron chi connectivity index (χ1n) is 3.57. The summed E-state index contributed by atoms with van der Waals surface area (Å²) >= 11 is 0. The third kappa shape index (κ3) is 3.86. The number of pyridine rings is 1. The van der Waals surface area contributed by atoms with Gasteiger partial charge in [0.05, 0.1) is 12.7 Å². The fourth-order valence-corrected chi connectivity index (χ4v) is 0.906. The summed E-state index contributed by atoms with van der Waals surface area (Å²) < 4.78 is 41.0. The van der Waals surface area contributed by atoms with Gasteiger partial charge in [-0.25, -0.2) is 4.79 Å². The lowest BCUT2D eigenvalue weighted by molar-refractivity contribution is -0.141. The Labute approximate surface area is 102 Å². The summed E-state index contributed by atoms with van der Waals surface area (Å²) in [6.45, 7) is 0. The highest BCUT2D eigenvalue weighted by atomic mass is 35.5. The predicted molar refractivity (Wildman–Crippen MR) is 55.1 cm³/mol. The van der Waals surface area contributed by atoms with Crippen LogP contribution in [0.1, 0.15) is 16.1 Å². The van der Waals surface area contributed by atoms with E-state index in [1.807, 2.05) is 0 Å². The Morgan fingerprint density at radius 3 is 2.38 bits per heavy atom. The topological polar surface area (TPSA) is 39.2 Å². The van der Waals surface area contributed by atoms with Gasteiger partial charge in [-0.3, -0.25) is 4.98 Å². The number of ether oxygens (including phenoxy) is 1. The normalized spacial score (nSPS) is 9.75. The van der Waals surface area contributed by atoms with Crippen molar-refractivity contribution in [2.75, 3.05) is 7.11 Å². The van der Waals surface area contributed by atoms with E-state index in [-0.39, 0.29) is 24.8 Å². The largest absolute Gasteiger partial charge is 0.465 e. The third-order valence-electron chi connectivity index (χ3n) is 1.48. The maximum Gasteiger partial charge on any atom is 0.434 e. The molecule has 0 bridgehead atoms. The van der Waals surface area contributed by atoms with Gasteiger partial charge in [-0.2, -0.15) is 13.2 Å². The number of hydrogen-bond donors (Lipinski definition) is 0. The van der Waals surface area contributed by atoms with E-state index >= 15 is 0 Å². The zero-order chi connectivity index (χ0) is 10.8. The van der Waals surface area contributed by atoms with Crippen molar-refractivity contribution in [2.24, 2.45) is 0 Å². The molecule has 8 heteroatoms. The molecule has 0 unspecified atom stereocenters. The zero-order valence-corrected chi connectivity index (χ0v) is 9.58. The van der Waals surface area contributed by atoms with Gasteiger partial charge >= 0.3 is 12.1 Å². The quantitative estimate of drug-likeness (QED) is 0.741. The molecule has 3 nitrogen and oxygen atoms in total. The molecule has 0 atom stereocenters. The summed E-state index contributed by atoms with van der Waals surface area (Å²) in [4.78, 5) is 14.0. The number of rotatable bonds is 1. The summed E-state index contributed by atoms with van der Waals surface area (Å²) in [6.07, 6.45) is -3.68. The Morgan fingerprint density at radius 1 is 1.38 bits per heavy atom. The minimum absolute atomic E-state index is 0. The van der Waals surface area contributed by atoms with Gasteiger partial charge in [0, 0.05) is 6.20 Å². The van der Waals surface area contributed by atoms with Gasteiger partial charge < -0.3 is 4.74 Å². The van der Waals surface area contributed by atoms with Crippen LogP contribution in [0.25, 0.3) is 0 Å². The van der Waals surface area contributed by atoms with E-state index in [0.29, 0.717) is 0 Å². The van der Waals surface area contributed by atoms with Crippen molar-refractivity contribution in [1.29, 1.82) is 0 Å². The van der Waals surface area contributed by atoms with E-state index in [1.165, 1.54) is 6.07 Å². The number of hydrogen-bond acceptors (Lipinski definition) is 3. The molecule has 0 aliphatic rings. The average Bonchev–Trinajstić information content (AvgIpc) is 2.15. The maximum atomic E-state index is 12.3. The first-order chi connectivity index (χ1) is 6.46. The Morgan fingerprint density at radius 2 is 1.94 bits per heavy atom. The monoisotopic (exact) mass is 277 g/mol. The van der Waals surface area contributed by atoms with Crippen molar-refractivity contribution in [1.82, 2.24) is 4.98 Å². The molecule has 1 rings (SSSR count). The molecule has 1 aromatic heterocycles. The fourth-order valence-electron chi connectivity index (χ4n) is 0.906. The lowest BCUT2D eigenvalue weighted by Crippen LogP contribution is -2.15. The van der Waals surface area contributed by atoms with E-state index < -0.39 is 23.4 Å². The van der Waals surface area contributed by atoms with Crippen LogP contribution in [0.2, 0.25) is 0 Å². The second kappa shape index (κ2) is 6.55. The molecule has 0 saturated carbocycles. The minimum Gasteiger partial charge on any atom is -0.465 e.